The van der Waals surface area contributed by atoms with E-state index in [1.54, 1.807) is 20.3 Å². The molecule has 31 heavy (non-hydrogen) atoms. The van der Waals surface area contributed by atoms with Gasteiger partial charge in [-0.15, -0.1) is 0 Å². The zero-order valence-corrected chi connectivity index (χ0v) is 18.2. The number of carbonyl (C=O) groups is 2. The number of amides is 1. The van der Waals surface area contributed by atoms with Crippen molar-refractivity contribution in [3.8, 4) is 11.5 Å². The molecule has 1 aliphatic heterocycles. The predicted octanol–water partition coefficient (Wildman–Crippen LogP) is 3.31. The maximum Gasteiger partial charge on any atom is 0.303 e. The van der Waals surface area contributed by atoms with Crippen LogP contribution in [0, 0.1) is 0 Å². The second-order valence-corrected chi connectivity index (χ2v) is 7.45. The first-order valence-electron chi connectivity index (χ1n) is 9.95. The van der Waals surface area contributed by atoms with Gasteiger partial charge in [-0.1, -0.05) is 18.2 Å². The molecule has 2 aromatic carbocycles. The van der Waals surface area contributed by atoms with Crippen LogP contribution in [0.25, 0.3) is 0 Å². The molecule has 0 fully saturated rings. The average Bonchev–Trinajstić information content (AvgIpc) is 3.22. The van der Waals surface area contributed by atoms with E-state index in [2.05, 4.69) is 5.10 Å². The largest absolute Gasteiger partial charge is 0.493 e. The van der Waals surface area contributed by atoms with E-state index in [4.69, 9.17) is 14.6 Å². The van der Waals surface area contributed by atoms with Gasteiger partial charge in [0.15, 0.2) is 11.5 Å². The van der Waals surface area contributed by atoms with Crippen LogP contribution in [0.1, 0.15) is 36.4 Å². The summed E-state index contributed by atoms with van der Waals surface area (Å²) in [7, 11) is 7.06. The van der Waals surface area contributed by atoms with E-state index < -0.39 is 5.97 Å². The molecule has 1 heterocycles. The lowest BCUT2D eigenvalue weighted by molar-refractivity contribution is -0.141. The highest BCUT2D eigenvalue weighted by molar-refractivity contribution is 6.03. The first kappa shape index (κ1) is 22.1. The van der Waals surface area contributed by atoms with Crippen LogP contribution in [0.3, 0.4) is 0 Å². The van der Waals surface area contributed by atoms with Crippen molar-refractivity contribution in [1.82, 2.24) is 5.01 Å². The van der Waals surface area contributed by atoms with Crippen molar-refractivity contribution >= 4 is 23.3 Å². The maximum absolute atomic E-state index is 12.8. The molecule has 0 saturated heterocycles. The standard InChI is InChI=1S/C23H27N3O5/c1-25(2)17-8-5-15(6-9-17)18-14-19(26(24-18)22(27)11-12-23(28)29)16-7-10-20(30-3)21(13-16)31-4/h5-10,13,19H,11-12,14H2,1-4H3,(H,28,29). The van der Waals surface area contributed by atoms with Gasteiger partial charge in [-0.3, -0.25) is 9.59 Å². The van der Waals surface area contributed by atoms with Gasteiger partial charge >= 0.3 is 5.97 Å². The van der Waals surface area contributed by atoms with E-state index in [1.807, 2.05) is 55.4 Å². The van der Waals surface area contributed by atoms with Crippen molar-refractivity contribution in [2.45, 2.75) is 25.3 Å². The van der Waals surface area contributed by atoms with Gasteiger partial charge in [0.25, 0.3) is 0 Å². The van der Waals surface area contributed by atoms with Crippen LogP contribution < -0.4 is 14.4 Å². The average molecular weight is 425 g/mol. The minimum Gasteiger partial charge on any atom is -0.493 e. The fourth-order valence-electron chi connectivity index (χ4n) is 3.51. The van der Waals surface area contributed by atoms with Gasteiger partial charge in [0.05, 0.1) is 32.4 Å². The molecule has 8 heteroatoms. The molecule has 1 unspecified atom stereocenters. The van der Waals surface area contributed by atoms with Crippen LogP contribution in [-0.2, 0) is 9.59 Å². The number of carboxylic acid groups (broad SMARTS) is 1. The molecule has 0 spiro atoms. The Hall–Kier alpha value is -3.55. The molecular weight excluding hydrogens is 398 g/mol. The maximum atomic E-state index is 12.8. The van der Waals surface area contributed by atoms with Crippen LogP contribution >= 0.6 is 0 Å². The molecule has 1 atom stereocenters. The monoisotopic (exact) mass is 425 g/mol. The van der Waals surface area contributed by atoms with E-state index in [0.717, 1.165) is 22.5 Å². The second-order valence-electron chi connectivity index (χ2n) is 7.45. The number of hydrogen-bond acceptors (Lipinski definition) is 6. The number of rotatable bonds is 8. The fourth-order valence-corrected chi connectivity index (χ4v) is 3.51. The van der Waals surface area contributed by atoms with Crippen molar-refractivity contribution in [1.29, 1.82) is 0 Å². The molecule has 0 aromatic heterocycles. The molecule has 0 radical (unpaired) electrons. The Bertz CT molecular complexity index is 985. The third kappa shape index (κ3) is 4.96. The minimum absolute atomic E-state index is 0.116. The Morgan fingerprint density at radius 2 is 1.74 bits per heavy atom. The molecule has 1 aliphatic rings. The zero-order chi connectivity index (χ0) is 22.5. The number of benzene rings is 2. The van der Waals surface area contributed by atoms with Gasteiger partial charge in [-0.2, -0.15) is 5.10 Å². The van der Waals surface area contributed by atoms with Crippen molar-refractivity contribution in [3.05, 3.63) is 53.6 Å². The van der Waals surface area contributed by atoms with E-state index in [1.165, 1.54) is 5.01 Å². The lowest BCUT2D eigenvalue weighted by Gasteiger charge is -2.22. The number of carbonyl (C=O) groups excluding carboxylic acids is 1. The van der Waals surface area contributed by atoms with Crippen molar-refractivity contribution in [2.75, 3.05) is 33.2 Å². The first-order valence-corrected chi connectivity index (χ1v) is 9.95. The van der Waals surface area contributed by atoms with Crippen LogP contribution in [0.4, 0.5) is 5.69 Å². The summed E-state index contributed by atoms with van der Waals surface area (Å²) in [6.45, 7) is 0. The molecule has 164 valence electrons. The SMILES string of the molecule is COc1ccc(C2CC(c3ccc(N(C)C)cc3)=NN2C(=O)CCC(=O)O)cc1OC. The summed E-state index contributed by atoms with van der Waals surface area (Å²) < 4.78 is 10.7. The molecule has 1 N–H and O–H groups in total. The number of aliphatic carboxylic acids is 1. The lowest BCUT2D eigenvalue weighted by atomic mass is 9.97. The topological polar surface area (TPSA) is 91.7 Å². The summed E-state index contributed by atoms with van der Waals surface area (Å²) in [6, 6.07) is 13.1. The number of nitrogens with zero attached hydrogens (tertiary/aromatic N) is 3. The summed E-state index contributed by atoms with van der Waals surface area (Å²) in [5, 5.41) is 15.0. The number of methoxy groups -OCH3 is 2. The number of ether oxygens (including phenoxy) is 2. The van der Waals surface area contributed by atoms with Gasteiger partial charge in [-0.25, -0.2) is 5.01 Å². The smallest absolute Gasteiger partial charge is 0.303 e. The summed E-state index contributed by atoms with van der Waals surface area (Å²) in [4.78, 5) is 25.8. The van der Waals surface area contributed by atoms with E-state index in [9.17, 15) is 9.59 Å². The lowest BCUT2D eigenvalue weighted by Crippen LogP contribution is -2.27. The third-order valence-electron chi connectivity index (χ3n) is 5.23. The van der Waals surface area contributed by atoms with Crippen molar-refractivity contribution in [2.24, 2.45) is 5.10 Å². The van der Waals surface area contributed by atoms with E-state index >= 15 is 0 Å². The molecule has 0 bridgehead atoms. The van der Waals surface area contributed by atoms with Gasteiger partial charge in [-0.05, 0) is 35.4 Å². The summed E-state index contributed by atoms with van der Waals surface area (Å²) in [5.74, 6) is -0.198. The predicted molar refractivity (Wildman–Crippen MR) is 118 cm³/mol. The number of anilines is 1. The Labute approximate surface area is 181 Å². The molecule has 2 aromatic rings. The van der Waals surface area contributed by atoms with Crippen LogP contribution in [0.15, 0.2) is 47.6 Å². The summed E-state index contributed by atoms with van der Waals surface area (Å²) in [5.41, 5.74) is 3.59. The molecule has 8 nitrogen and oxygen atoms in total. The first-order chi connectivity index (χ1) is 14.8. The highest BCUT2D eigenvalue weighted by Crippen LogP contribution is 2.37. The quantitative estimate of drug-likeness (QED) is 0.698. The second kappa shape index (κ2) is 9.51. The van der Waals surface area contributed by atoms with Crippen LogP contribution in [-0.4, -0.2) is 56.0 Å². The third-order valence-corrected chi connectivity index (χ3v) is 5.23. The Balaban J connectivity index is 1.94. The minimum atomic E-state index is -1.02. The fraction of sp³-hybridized carbons (Fsp3) is 0.348. The van der Waals surface area contributed by atoms with Gasteiger partial charge in [0.2, 0.25) is 5.91 Å². The summed E-state index contributed by atoms with van der Waals surface area (Å²) in [6.07, 6.45) is 0.154. The summed E-state index contributed by atoms with van der Waals surface area (Å²) >= 11 is 0. The Morgan fingerprint density at radius 1 is 1.06 bits per heavy atom. The molecular formula is C23H27N3O5. The van der Waals surface area contributed by atoms with E-state index in [0.29, 0.717) is 17.9 Å². The van der Waals surface area contributed by atoms with Gasteiger partial charge in [0.1, 0.15) is 0 Å². The van der Waals surface area contributed by atoms with Crippen molar-refractivity contribution < 1.29 is 24.2 Å². The molecule has 1 amide bonds. The zero-order valence-electron chi connectivity index (χ0n) is 18.2. The number of hydrogen-bond donors (Lipinski definition) is 1. The number of carboxylic acids is 1. The van der Waals surface area contributed by atoms with Crippen molar-refractivity contribution in [3.63, 3.8) is 0 Å². The van der Waals surface area contributed by atoms with E-state index in [-0.39, 0.29) is 24.8 Å². The Kier molecular flexibility index (Phi) is 6.79. The Morgan fingerprint density at radius 3 is 2.32 bits per heavy atom. The molecule has 0 aliphatic carbocycles. The number of hydrazone groups is 1. The van der Waals surface area contributed by atoms with Crippen LogP contribution in [0.5, 0.6) is 11.5 Å². The van der Waals surface area contributed by atoms with Gasteiger partial charge < -0.3 is 19.5 Å². The van der Waals surface area contributed by atoms with Crippen LogP contribution in [0.2, 0.25) is 0 Å². The molecule has 3 rings (SSSR count). The normalized spacial score (nSPS) is 15.4. The van der Waals surface area contributed by atoms with Gasteiger partial charge in [0, 0.05) is 32.6 Å². The highest BCUT2D eigenvalue weighted by Gasteiger charge is 2.33. The highest BCUT2D eigenvalue weighted by atomic mass is 16.5. The molecule has 0 saturated carbocycles.